The van der Waals surface area contributed by atoms with Gasteiger partial charge in [0.05, 0.1) is 0 Å². The summed E-state index contributed by atoms with van der Waals surface area (Å²) in [5.41, 5.74) is 1.41. The summed E-state index contributed by atoms with van der Waals surface area (Å²) in [4.78, 5) is 9.34. The van der Waals surface area contributed by atoms with Crippen molar-refractivity contribution in [2.24, 2.45) is 0 Å². The fourth-order valence-electron chi connectivity index (χ4n) is 2.61. The molecular weight excluding hydrogens is 254 g/mol. The van der Waals surface area contributed by atoms with Gasteiger partial charge >= 0.3 is 0 Å². The van der Waals surface area contributed by atoms with E-state index in [1.54, 1.807) is 11.3 Å². The van der Waals surface area contributed by atoms with Gasteiger partial charge in [-0.3, -0.25) is 4.90 Å². The fourth-order valence-corrected chi connectivity index (χ4v) is 3.31. The Morgan fingerprint density at radius 1 is 1.11 bits per heavy atom. The average Bonchev–Trinajstić information content (AvgIpc) is 3.02. The second kappa shape index (κ2) is 5.72. The minimum absolute atomic E-state index is 0.500. The van der Waals surface area contributed by atoms with E-state index < -0.39 is 0 Å². The summed E-state index contributed by atoms with van der Waals surface area (Å²) in [6.07, 6.45) is 1.89. The molecule has 1 aliphatic rings. The molecule has 3 rings (SSSR count). The van der Waals surface area contributed by atoms with Gasteiger partial charge in [-0.05, 0) is 12.5 Å². The minimum atomic E-state index is 0.500. The summed E-state index contributed by atoms with van der Waals surface area (Å²) in [5, 5.41) is 3.21. The van der Waals surface area contributed by atoms with E-state index in [1.807, 2.05) is 11.6 Å². The van der Waals surface area contributed by atoms with Gasteiger partial charge in [0.1, 0.15) is 0 Å². The van der Waals surface area contributed by atoms with Crippen LogP contribution in [0.25, 0.3) is 0 Å². The van der Waals surface area contributed by atoms with Crippen LogP contribution in [0.5, 0.6) is 0 Å². The van der Waals surface area contributed by atoms with Crippen molar-refractivity contribution in [1.29, 1.82) is 0 Å². The molecule has 1 aliphatic heterocycles. The highest BCUT2D eigenvalue weighted by atomic mass is 32.1. The highest BCUT2D eigenvalue weighted by Gasteiger charge is 2.22. The number of anilines is 1. The molecule has 0 saturated carbocycles. The van der Waals surface area contributed by atoms with Gasteiger partial charge in [-0.2, -0.15) is 0 Å². The van der Waals surface area contributed by atoms with Crippen molar-refractivity contribution in [3.8, 4) is 0 Å². The van der Waals surface area contributed by atoms with Crippen LogP contribution in [0.15, 0.2) is 41.9 Å². The lowest BCUT2D eigenvalue weighted by Crippen LogP contribution is -2.47. The lowest BCUT2D eigenvalue weighted by Gasteiger charge is -2.38. The topological polar surface area (TPSA) is 19.4 Å². The van der Waals surface area contributed by atoms with Crippen molar-refractivity contribution in [2.75, 3.05) is 31.1 Å². The predicted octanol–water partition coefficient (Wildman–Crippen LogP) is 3.03. The van der Waals surface area contributed by atoms with Crippen LogP contribution in [0.2, 0.25) is 0 Å². The molecule has 2 aromatic rings. The number of aromatic nitrogens is 1. The standard InChI is InChI=1S/C15H19N3S/c1-13(14-5-3-2-4-6-14)17-8-10-18(11-9-17)15-16-7-12-19-15/h2-7,12-13H,8-11H2,1H3. The van der Waals surface area contributed by atoms with E-state index in [0.29, 0.717) is 6.04 Å². The average molecular weight is 273 g/mol. The first kappa shape index (κ1) is 12.6. The molecular formula is C15H19N3S. The first-order valence-electron chi connectivity index (χ1n) is 6.78. The zero-order valence-corrected chi connectivity index (χ0v) is 12.0. The molecule has 1 aromatic carbocycles. The Morgan fingerprint density at radius 3 is 2.47 bits per heavy atom. The molecule has 1 aromatic heterocycles. The third-order valence-electron chi connectivity index (χ3n) is 3.83. The lowest BCUT2D eigenvalue weighted by atomic mass is 10.1. The van der Waals surface area contributed by atoms with E-state index in [2.05, 4.69) is 52.0 Å². The van der Waals surface area contributed by atoms with Crippen LogP contribution >= 0.6 is 11.3 Å². The predicted molar refractivity (Wildman–Crippen MR) is 80.8 cm³/mol. The van der Waals surface area contributed by atoms with Crippen LogP contribution < -0.4 is 4.90 Å². The van der Waals surface area contributed by atoms with Gasteiger partial charge in [0.15, 0.2) is 5.13 Å². The van der Waals surface area contributed by atoms with E-state index >= 15 is 0 Å². The molecule has 1 saturated heterocycles. The van der Waals surface area contributed by atoms with Crippen LogP contribution in [-0.2, 0) is 0 Å². The smallest absolute Gasteiger partial charge is 0.185 e. The van der Waals surface area contributed by atoms with Crippen LogP contribution in [0, 0.1) is 0 Å². The molecule has 0 radical (unpaired) electrons. The molecule has 1 fully saturated rings. The zero-order chi connectivity index (χ0) is 13.1. The van der Waals surface area contributed by atoms with Gasteiger partial charge in [0, 0.05) is 43.8 Å². The zero-order valence-electron chi connectivity index (χ0n) is 11.2. The third kappa shape index (κ3) is 2.80. The number of thiazole rings is 1. The molecule has 19 heavy (non-hydrogen) atoms. The highest BCUT2D eigenvalue weighted by molar-refractivity contribution is 7.13. The number of hydrogen-bond acceptors (Lipinski definition) is 4. The summed E-state index contributed by atoms with van der Waals surface area (Å²) < 4.78 is 0. The van der Waals surface area contributed by atoms with Gasteiger partial charge in [-0.15, -0.1) is 11.3 Å². The summed E-state index contributed by atoms with van der Waals surface area (Å²) in [7, 11) is 0. The Hall–Kier alpha value is -1.39. The largest absolute Gasteiger partial charge is 0.346 e. The molecule has 100 valence electrons. The van der Waals surface area contributed by atoms with E-state index in [0.717, 1.165) is 31.3 Å². The summed E-state index contributed by atoms with van der Waals surface area (Å²) >= 11 is 1.73. The van der Waals surface area contributed by atoms with Crippen LogP contribution in [0.4, 0.5) is 5.13 Å². The van der Waals surface area contributed by atoms with Gasteiger partial charge in [0.25, 0.3) is 0 Å². The van der Waals surface area contributed by atoms with Crippen molar-refractivity contribution in [2.45, 2.75) is 13.0 Å². The second-order valence-electron chi connectivity index (χ2n) is 4.92. The SMILES string of the molecule is CC(c1ccccc1)N1CCN(c2nccs2)CC1. The van der Waals surface area contributed by atoms with Crippen LogP contribution in [0.3, 0.4) is 0 Å². The number of piperazine rings is 1. The molecule has 1 unspecified atom stereocenters. The van der Waals surface area contributed by atoms with Crippen molar-refractivity contribution in [3.63, 3.8) is 0 Å². The Labute approximate surface area is 118 Å². The molecule has 3 nitrogen and oxygen atoms in total. The summed E-state index contributed by atoms with van der Waals surface area (Å²) in [6.45, 7) is 6.66. The van der Waals surface area contributed by atoms with Gasteiger partial charge in [-0.1, -0.05) is 30.3 Å². The Morgan fingerprint density at radius 2 is 1.84 bits per heavy atom. The number of benzene rings is 1. The fraction of sp³-hybridized carbons (Fsp3) is 0.400. The molecule has 0 N–H and O–H groups in total. The monoisotopic (exact) mass is 273 g/mol. The van der Waals surface area contributed by atoms with Crippen LogP contribution in [0.1, 0.15) is 18.5 Å². The molecule has 4 heteroatoms. The maximum atomic E-state index is 4.39. The molecule has 0 bridgehead atoms. The number of hydrogen-bond donors (Lipinski definition) is 0. The van der Waals surface area contributed by atoms with Crippen LogP contribution in [-0.4, -0.2) is 36.1 Å². The Kier molecular flexibility index (Phi) is 3.80. The molecule has 0 aliphatic carbocycles. The Balaban J connectivity index is 1.61. The minimum Gasteiger partial charge on any atom is -0.346 e. The van der Waals surface area contributed by atoms with Crippen molar-refractivity contribution < 1.29 is 0 Å². The lowest BCUT2D eigenvalue weighted by molar-refractivity contribution is 0.198. The van der Waals surface area contributed by atoms with Crippen molar-refractivity contribution in [3.05, 3.63) is 47.5 Å². The first-order valence-corrected chi connectivity index (χ1v) is 7.66. The third-order valence-corrected chi connectivity index (χ3v) is 4.67. The summed E-state index contributed by atoms with van der Waals surface area (Å²) in [5.74, 6) is 0. The summed E-state index contributed by atoms with van der Waals surface area (Å²) in [6, 6.07) is 11.3. The van der Waals surface area contributed by atoms with E-state index in [9.17, 15) is 0 Å². The van der Waals surface area contributed by atoms with Gasteiger partial charge in [-0.25, -0.2) is 4.98 Å². The van der Waals surface area contributed by atoms with Crippen molar-refractivity contribution >= 4 is 16.5 Å². The van der Waals surface area contributed by atoms with Crippen molar-refractivity contribution in [1.82, 2.24) is 9.88 Å². The van der Waals surface area contributed by atoms with Gasteiger partial charge < -0.3 is 4.90 Å². The van der Waals surface area contributed by atoms with E-state index in [1.165, 1.54) is 5.56 Å². The molecule has 0 amide bonds. The highest BCUT2D eigenvalue weighted by Crippen LogP contribution is 2.24. The maximum absolute atomic E-state index is 4.39. The van der Waals surface area contributed by atoms with E-state index in [4.69, 9.17) is 0 Å². The Bertz CT molecular complexity index is 489. The molecule has 0 spiro atoms. The van der Waals surface area contributed by atoms with Gasteiger partial charge in [0.2, 0.25) is 0 Å². The maximum Gasteiger partial charge on any atom is 0.185 e. The quantitative estimate of drug-likeness (QED) is 0.857. The first-order chi connectivity index (χ1) is 9.34. The number of nitrogens with zero attached hydrogens (tertiary/aromatic N) is 3. The number of rotatable bonds is 3. The van der Waals surface area contributed by atoms with E-state index in [-0.39, 0.29) is 0 Å². The molecule has 1 atom stereocenters. The normalized spacial score (nSPS) is 18.5. The molecule has 2 heterocycles. The second-order valence-corrected chi connectivity index (χ2v) is 5.80.